The van der Waals surface area contributed by atoms with Crippen molar-refractivity contribution in [2.75, 3.05) is 12.4 Å². The quantitative estimate of drug-likeness (QED) is 0.631. The van der Waals surface area contributed by atoms with Crippen molar-refractivity contribution in [2.24, 2.45) is 5.92 Å². The molecule has 2 amide bonds. The summed E-state index contributed by atoms with van der Waals surface area (Å²) in [5.41, 5.74) is 4.00. The summed E-state index contributed by atoms with van der Waals surface area (Å²) in [5.74, 6) is 0.880. The SMILES string of the molecule is COc1ccc(NC(=O)c2ccc(-n3cc(CNC(=O)C4CC4)cn3)cc2)c(C)c1. The molecule has 30 heavy (non-hydrogen) atoms. The van der Waals surface area contributed by atoms with Crippen molar-refractivity contribution >= 4 is 17.5 Å². The van der Waals surface area contributed by atoms with E-state index in [0.29, 0.717) is 12.1 Å². The molecule has 0 aliphatic heterocycles. The van der Waals surface area contributed by atoms with E-state index in [1.807, 2.05) is 43.5 Å². The topological polar surface area (TPSA) is 85.2 Å². The third-order valence-corrected chi connectivity index (χ3v) is 5.13. The molecule has 0 spiro atoms. The van der Waals surface area contributed by atoms with E-state index in [2.05, 4.69) is 15.7 Å². The third kappa shape index (κ3) is 4.51. The summed E-state index contributed by atoms with van der Waals surface area (Å²) in [5, 5.41) is 10.2. The maximum atomic E-state index is 12.6. The van der Waals surface area contributed by atoms with Crippen molar-refractivity contribution in [3.63, 3.8) is 0 Å². The van der Waals surface area contributed by atoms with E-state index in [4.69, 9.17) is 4.74 Å². The van der Waals surface area contributed by atoms with Crippen LogP contribution in [-0.2, 0) is 11.3 Å². The summed E-state index contributed by atoms with van der Waals surface area (Å²) in [4.78, 5) is 24.3. The summed E-state index contributed by atoms with van der Waals surface area (Å²) in [6.45, 7) is 2.39. The van der Waals surface area contributed by atoms with E-state index in [-0.39, 0.29) is 17.7 Å². The highest BCUT2D eigenvalue weighted by Gasteiger charge is 2.29. The second-order valence-corrected chi connectivity index (χ2v) is 7.47. The number of hydrogen-bond acceptors (Lipinski definition) is 4. The highest BCUT2D eigenvalue weighted by molar-refractivity contribution is 6.04. The molecule has 2 N–H and O–H groups in total. The van der Waals surface area contributed by atoms with E-state index >= 15 is 0 Å². The Labute approximate surface area is 175 Å². The van der Waals surface area contributed by atoms with E-state index < -0.39 is 0 Å². The van der Waals surface area contributed by atoms with Gasteiger partial charge in [-0.05, 0) is 67.8 Å². The fourth-order valence-corrected chi connectivity index (χ4v) is 3.14. The Bertz CT molecular complexity index is 1070. The van der Waals surface area contributed by atoms with Crippen molar-refractivity contribution in [1.82, 2.24) is 15.1 Å². The molecule has 3 aromatic rings. The number of methoxy groups -OCH3 is 1. The smallest absolute Gasteiger partial charge is 0.255 e. The van der Waals surface area contributed by atoms with Crippen LogP contribution in [0.1, 0.15) is 34.3 Å². The Morgan fingerprint density at radius 2 is 1.93 bits per heavy atom. The van der Waals surface area contributed by atoms with Crippen molar-refractivity contribution in [3.8, 4) is 11.4 Å². The molecule has 1 fully saturated rings. The lowest BCUT2D eigenvalue weighted by Gasteiger charge is -2.10. The standard InChI is InChI=1S/C23H24N4O3/c1-15-11-20(30-2)9-10-21(15)26-23(29)18-5-7-19(8-6-18)27-14-16(13-25-27)12-24-22(28)17-3-4-17/h5-11,13-14,17H,3-4,12H2,1-2H3,(H,24,28)(H,26,29). The molecule has 0 radical (unpaired) electrons. The first-order chi connectivity index (χ1) is 14.5. The molecule has 7 heteroatoms. The van der Waals surface area contributed by atoms with Crippen LogP contribution >= 0.6 is 0 Å². The Balaban J connectivity index is 1.39. The predicted octanol–water partition coefficient (Wildman–Crippen LogP) is 3.47. The van der Waals surface area contributed by atoms with Crippen LogP contribution in [0.4, 0.5) is 5.69 Å². The van der Waals surface area contributed by atoms with Crippen LogP contribution in [-0.4, -0.2) is 28.7 Å². The van der Waals surface area contributed by atoms with Crippen LogP contribution in [0.25, 0.3) is 5.69 Å². The zero-order valence-corrected chi connectivity index (χ0v) is 17.0. The van der Waals surface area contributed by atoms with Gasteiger partial charge in [-0.3, -0.25) is 9.59 Å². The van der Waals surface area contributed by atoms with Gasteiger partial charge in [-0.1, -0.05) is 0 Å². The molecule has 0 unspecified atom stereocenters. The van der Waals surface area contributed by atoms with Gasteiger partial charge in [0.2, 0.25) is 5.91 Å². The first-order valence-corrected chi connectivity index (χ1v) is 9.91. The molecule has 4 rings (SSSR count). The average molecular weight is 404 g/mol. The fourth-order valence-electron chi connectivity index (χ4n) is 3.14. The van der Waals surface area contributed by atoms with Crippen molar-refractivity contribution in [3.05, 3.63) is 71.5 Å². The molecular weight excluding hydrogens is 380 g/mol. The van der Waals surface area contributed by atoms with E-state index in [0.717, 1.165) is 41.1 Å². The fraction of sp³-hybridized carbons (Fsp3) is 0.261. The van der Waals surface area contributed by atoms with Crippen molar-refractivity contribution in [1.29, 1.82) is 0 Å². The summed E-state index contributed by atoms with van der Waals surface area (Å²) >= 11 is 0. The second kappa shape index (κ2) is 8.41. The number of nitrogens with one attached hydrogen (secondary N) is 2. The van der Waals surface area contributed by atoms with Crippen LogP contribution in [0, 0.1) is 12.8 Å². The zero-order chi connectivity index (χ0) is 21.1. The first kappa shape index (κ1) is 19.7. The molecule has 1 saturated carbocycles. The van der Waals surface area contributed by atoms with Crippen LogP contribution in [0.2, 0.25) is 0 Å². The molecule has 154 valence electrons. The summed E-state index contributed by atoms with van der Waals surface area (Å²) in [7, 11) is 1.61. The Hall–Kier alpha value is -3.61. The Morgan fingerprint density at radius 1 is 1.17 bits per heavy atom. The molecule has 2 aromatic carbocycles. The molecule has 1 aliphatic rings. The maximum Gasteiger partial charge on any atom is 0.255 e. The molecule has 0 atom stereocenters. The number of hydrogen-bond donors (Lipinski definition) is 2. The highest BCUT2D eigenvalue weighted by atomic mass is 16.5. The van der Waals surface area contributed by atoms with E-state index in [9.17, 15) is 9.59 Å². The van der Waals surface area contributed by atoms with Crippen molar-refractivity contribution in [2.45, 2.75) is 26.3 Å². The average Bonchev–Trinajstić information content (AvgIpc) is 3.51. The normalized spacial score (nSPS) is 13.0. The Morgan fingerprint density at radius 3 is 2.60 bits per heavy atom. The second-order valence-electron chi connectivity index (χ2n) is 7.47. The minimum Gasteiger partial charge on any atom is -0.497 e. The lowest BCUT2D eigenvalue weighted by atomic mass is 10.1. The predicted molar refractivity (Wildman–Crippen MR) is 114 cm³/mol. The molecule has 1 aromatic heterocycles. The molecule has 0 bridgehead atoms. The van der Waals surface area contributed by atoms with Gasteiger partial charge in [0.25, 0.3) is 5.91 Å². The molecule has 1 heterocycles. The monoisotopic (exact) mass is 404 g/mol. The Kier molecular flexibility index (Phi) is 5.52. The largest absolute Gasteiger partial charge is 0.497 e. The number of aromatic nitrogens is 2. The zero-order valence-electron chi connectivity index (χ0n) is 17.0. The minimum atomic E-state index is -0.182. The number of rotatable bonds is 7. The van der Waals surface area contributed by atoms with Gasteiger partial charge >= 0.3 is 0 Å². The van der Waals surface area contributed by atoms with Gasteiger partial charge in [-0.2, -0.15) is 5.10 Å². The van der Waals surface area contributed by atoms with Gasteiger partial charge < -0.3 is 15.4 Å². The summed E-state index contributed by atoms with van der Waals surface area (Å²) in [6.07, 6.45) is 5.59. The third-order valence-electron chi connectivity index (χ3n) is 5.13. The molecule has 7 nitrogen and oxygen atoms in total. The van der Waals surface area contributed by atoms with Crippen LogP contribution in [0.3, 0.4) is 0 Å². The first-order valence-electron chi connectivity index (χ1n) is 9.91. The van der Waals surface area contributed by atoms with Gasteiger partial charge in [-0.15, -0.1) is 0 Å². The van der Waals surface area contributed by atoms with Gasteiger partial charge in [0.15, 0.2) is 0 Å². The van der Waals surface area contributed by atoms with Gasteiger partial charge in [0.1, 0.15) is 5.75 Å². The maximum absolute atomic E-state index is 12.6. The number of carbonyl (C=O) groups is 2. The number of aryl methyl sites for hydroxylation is 1. The van der Waals surface area contributed by atoms with Gasteiger partial charge in [0.05, 0.1) is 19.0 Å². The summed E-state index contributed by atoms with van der Waals surface area (Å²) < 4.78 is 6.93. The van der Waals surface area contributed by atoms with E-state index in [1.165, 1.54) is 0 Å². The number of nitrogens with zero attached hydrogens (tertiary/aromatic N) is 2. The highest BCUT2D eigenvalue weighted by Crippen LogP contribution is 2.28. The number of anilines is 1. The number of amides is 2. The van der Waals surface area contributed by atoms with Crippen LogP contribution < -0.4 is 15.4 Å². The lowest BCUT2D eigenvalue weighted by molar-refractivity contribution is -0.122. The van der Waals surface area contributed by atoms with Gasteiger partial charge in [0, 0.05) is 35.5 Å². The molecule has 1 aliphatic carbocycles. The number of carbonyl (C=O) groups excluding carboxylic acids is 2. The van der Waals surface area contributed by atoms with Crippen LogP contribution in [0.5, 0.6) is 5.75 Å². The van der Waals surface area contributed by atoms with E-state index in [1.54, 1.807) is 30.1 Å². The molecule has 0 saturated heterocycles. The summed E-state index contributed by atoms with van der Waals surface area (Å²) in [6, 6.07) is 12.7. The van der Waals surface area contributed by atoms with Gasteiger partial charge in [-0.25, -0.2) is 4.68 Å². The number of ether oxygens (including phenoxy) is 1. The lowest BCUT2D eigenvalue weighted by Crippen LogP contribution is -2.23. The molecular formula is C23H24N4O3. The van der Waals surface area contributed by atoms with Crippen LogP contribution in [0.15, 0.2) is 54.9 Å². The van der Waals surface area contributed by atoms with Crippen molar-refractivity contribution < 1.29 is 14.3 Å². The number of benzene rings is 2. The minimum absolute atomic E-state index is 0.116.